The van der Waals surface area contributed by atoms with Gasteiger partial charge in [-0.3, -0.25) is 14.8 Å². The molecule has 0 amide bonds. The molecule has 8 nitrogen and oxygen atoms in total. The molecule has 0 radical (unpaired) electrons. The van der Waals surface area contributed by atoms with Crippen molar-refractivity contribution < 1.29 is 9.90 Å². The van der Waals surface area contributed by atoms with Crippen LogP contribution in [0.15, 0.2) is 55.5 Å². The second kappa shape index (κ2) is 7.34. The molecule has 3 rings (SSSR count). The van der Waals surface area contributed by atoms with Crippen LogP contribution >= 0.6 is 0 Å². The standard InChI is InChI=1S/C16H14N6O2/c23-10-14(24)12-1-2-13(20-7-12)9-22(15-3-4-18-11-21-15)16-8-17-5-6-19-16/h1-8,11,23H,9-10H2. The van der Waals surface area contributed by atoms with Gasteiger partial charge in [0.2, 0.25) is 0 Å². The van der Waals surface area contributed by atoms with E-state index in [2.05, 4.69) is 24.9 Å². The van der Waals surface area contributed by atoms with Crippen molar-refractivity contribution >= 4 is 17.4 Å². The van der Waals surface area contributed by atoms with Crippen LogP contribution in [0, 0.1) is 0 Å². The molecule has 0 unspecified atom stereocenters. The van der Waals surface area contributed by atoms with Gasteiger partial charge in [0.05, 0.1) is 18.4 Å². The van der Waals surface area contributed by atoms with Crippen LogP contribution < -0.4 is 4.90 Å². The van der Waals surface area contributed by atoms with E-state index in [0.29, 0.717) is 29.4 Å². The molecule has 0 spiro atoms. The van der Waals surface area contributed by atoms with Crippen LogP contribution in [0.25, 0.3) is 0 Å². The number of aromatic nitrogens is 5. The third-order valence-electron chi connectivity index (χ3n) is 3.28. The Morgan fingerprint density at radius 1 is 0.958 bits per heavy atom. The van der Waals surface area contributed by atoms with E-state index < -0.39 is 6.61 Å². The number of Topliss-reactive ketones (excluding diaryl/α,β-unsaturated/α-hetero) is 1. The molecular formula is C16H14N6O2. The number of rotatable bonds is 6. The Kier molecular flexibility index (Phi) is 4.78. The summed E-state index contributed by atoms with van der Waals surface area (Å²) in [6.07, 6.45) is 9.36. The second-order valence-corrected chi connectivity index (χ2v) is 4.84. The minimum absolute atomic E-state index is 0.365. The molecule has 0 atom stereocenters. The fourth-order valence-corrected chi connectivity index (χ4v) is 2.09. The summed E-state index contributed by atoms with van der Waals surface area (Å²) < 4.78 is 0. The first-order chi connectivity index (χ1) is 11.8. The van der Waals surface area contributed by atoms with E-state index in [4.69, 9.17) is 5.11 Å². The summed E-state index contributed by atoms with van der Waals surface area (Å²) in [5, 5.41) is 8.89. The van der Waals surface area contributed by atoms with Crippen molar-refractivity contribution in [1.82, 2.24) is 24.9 Å². The zero-order chi connectivity index (χ0) is 16.8. The Hall–Kier alpha value is -3.26. The largest absolute Gasteiger partial charge is 0.388 e. The van der Waals surface area contributed by atoms with Gasteiger partial charge in [0, 0.05) is 30.4 Å². The molecule has 0 aliphatic carbocycles. The molecular weight excluding hydrogens is 308 g/mol. The molecule has 120 valence electrons. The summed E-state index contributed by atoms with van der Waals surface area (Å²) in [5.41, 5.74) is 1.09. The normalized spacial score (nSPS) is 10.4. The van der Waals surface area contributed by atoms with Crippen LogP contribution in [0.3, 0.4) is 0 Å². The smallest absolute Gasteiger partial charge is 0.189 e. The van der Waals surface area contributed by atoms with Crippen LogP contribution in [-0.2, 0) is 6.54 Å². The Labute approximate surface area is 137 Å². The number of hydrogen-bond donors (Lipinski definition) is 1. The molecule has 0 saturated carbocycles. The van der Waals surface area contributed by atoms with E-state index in [1.54, 1.807) is 43.0 Å². The van der Waals surface area contributed by atoms with Gasteiger partial charge in [-0.15, -0.1) is 0 Å². The van der Waals surface area contributed by atoms with Crippen LogP contribution in [0.2, 0.25) is 0 Å². The molecule has 1 N–H and O–H groups in total. The van der Waals surface area contributed by atoms with Gasteiger partial charge < -0.3 is 10.0 Å². The lowest BCUT2D eigenvalue weighted by Crippen LogP contribution is -2.20. The third kappa shape index (κ3) is 3.55. The number of carbonyl (C=O) groups is 1. The highest BCUT2D eigenvalue weighted by Crippen LogP contribution is 2.22. The molecule has 3 heterocycles. The van der Waals surface area contributed by atoms with Crippen molar-refractivity contribution in [3.63, 3.8) is 0 Å². The van der Waals surface area contributed by atoms with E-state index in [-0.39, 0.29) is 5.78 Å². The average molecular weight is 322 g/mol. The Balaban J connectivity index is 1.89. The number of aliphatic hydroxyl groups is 1. The topological polar surface area (TPSA) is 105 Å². The predicted octanol–water partition coefficient (Wildman–Crippen LogP) is 1.17. The van der Waals surface area contributed by atoms with Crippen molar-refractivity contribution in [1.29, 1.82) is 0 Å². The first-order valence-electron chi connectivity index (χ1n) is 7.16. The van der Waals surface area contributed by atoms with Crippen LogP contribution in [-0.4, -0.2) is 42.4 Å². The quantitative estimate of drug-likeness (QED) is 0.674. The highest BCUT2D eigenvalue weighted by molar-refractivity contribution is 5.96. The van der Waals surface area contributed by atoms with Crippen LogP contribution in [0.1, 0.15) is 16.1 Å². The number of carbonyl (C=O) groups excluding carboxylic acids is 1. The highest BCUT2D eigenvalue weighted by atomic mass is 16.3. The molecule has 0 aliphatic heterocycles. The monoisotopic (exact) mass is 322 g/mol. The SMILES string of the molecule is O=C(CO)c1ccc(CN(c2ccncn2)c2cnccn2)nc1. The molecule has 3 aromatic heterocycles. The van der Waals surface area contributed by atoms with Gasteiger partial charge in [-0.1, -0.05) is 0 Å². The maximum atomic E-state index is 11.5. The minimum atomic E-state index is -0.534. The van der Waals surface area contributed by atoms with Crippen LogP contribution in [0.4, 0.5) is 11.6 Å². The van der Waals surface area contributed by atoms with Gasteiger partial charge in [0.1, 0.15) is 18.8 Å². The molecule has 0 aliphatic rings. The Bertz CT molecular complexity index is 756. The first kappa shape index (κ1) is 15.6. The molecule has 0 saturated heterocycles. The van der Waals surface area contributed by atoms with E-state index in [9.17, 15) is 4.79 Å². The van der Waals surface area contributed by atoms with E-state index in [1.165, 1.54) is 12.5 Å². The number of hydrogen-bond acceptors (Lipinski definition) is 8. The minimum Gasteiger partial charge on any atom is -0.388 e. The maximum absolute atomic E-state index is 11.5. The lowest BCUT2D eigenvalue weighted by Gasteiger charge is -2.21. The lowest BCUT2D eigenvalue weighted by atomic mass is 10.2. The van der Waals surface area contributed by atoms with Gasteiger partial charge >= 0.3 is 0 Å². The van der Waals surface area contributed by atoms with Crippen molar-refractivity contribution in [3.05, 3.63) is 66.8 Å². The molecule has 3 aromatic rings. The summed E-state index contributed by atoms with van der Waals surface area (Å²) in [4.78, 5) is 34.1. The molecule has 24 heavy (non-hydrogen) atoms. The van der Waals surface area contributed by atoms with E-state index >= 15 is 0 Å². The lowest BCUT2D eigenvalue weighted by molar-refractivity contribution is 0.0903. The number of aliphatic hydroxyl groups excluding tert-OH is 1. The van der Waals surface area contributed by atoms with Gasteiger partial charge in [0.25, 0.3) is 0 Å². The van der Waals surface area contributed by atoms with E-state index in [1.807, 2.05) is 4.90 Å². The van der Waals surface area contributed by atoms with Gasteiger partial charge in [-0.25, -0.2) is 15.0 Å². The zero-order valence-corrected chi connectivity index (χ0v) is 12.6. The van der Waals surface area contributed by atoms with Gasteiger partial charge in [-0.05, 0) is 18.2 Å². The summed E-state index contributed by atoms with van der Waals surface area (Å²) in [5.74, 6) is 0.909. The summed E-state index contributed by atoms with van der Waals surface area (Å²) >= 11 is 0. The molecule has 0 aromatic carbocycles. The van der Waals surface area contributed by atoms with Crippen LogP contribution in [0.5, 0.6) is 0 Å². The Morgan fingerprint density at radius 3 is 2.50 bits per heavy atom. The zero-order valence-electron chi connectivity index (χ0n) is 12.6. The highest BCUT2D eigenvalue weighted by Gasteiger charge is 2.14. The fourth-order valence-electron chi connectivity index (χ4n) is 2.09. The van der Waals surface area contributed by atoms with Crippen molar-refractivity contribution in [2.45, 2.75) is 6.54 Å². The first-order valence-corrected chi connectivity index (χ1v) is 7.16. The van der Waals surface area contributed by atoms with Gasteiger partial charge in [0.15, 0.2) is 11.6 Å². The number of ketones is 1. The summed E-state index contributed by atoms with van der Waals surface area (Å²) in [6.45, 7) is -0.142. The molecule has 8 heteroatoms. The van der Waals surface area contributed by atoms with Crippen molar-refractivity contribution in [2.24, 2.45) is 0 Å². The predicted molar refractivity (Wildman–Crippen MR) is 85.6 cm³/mol. The van der Waals surface area contributed by atoms with E-state index in [0.717, 1.165) is 0 Å². The molecule has 0 bridgehead atoms. The second-order valence-electron chi connectivity index (χ2n) is 4.84. The average Bonchev–Trinajstić information content (AvgIpc) is 2.67. The Morgan fingerprint density at radius 2 is 1.88 bits per heavy atom. The summed E-state index contributed by atoms with van der Waals surface area (Å²) in [7, 11) is 0. The van der Waals surface area contributed by atoms with Crippen molar-refractivity contribution in [2.75, 3.05) is 11.5 Å². The molecule has 0 fully saturated rings. The van der Waals surface area contributed by atoms with Gasteiger partial charge in [-0.2, -0.15) is 0 Å². The third-order valence-corrected chi connectivity index (χ3v) is 3.28. The number of anilines is 2. The maximum Gasteiger partial charge on any atom is 0.189 e. The number of pyridine rings is 1. The number of nitrogens with zero attached hydrogens (tertiary/aromatic N) is 6. The van der Waals surface area contributed by atoms with Crippen molar-refractivity contribution in [3.8, 4) is 0 Å². The fraction of sp³-hybridized carbons (Fsp3) is 0.125. The summed E-state index contributed by atoms with van der Waals surface area (Å²) in [6, 6.07) is 5.13.